The van der Waals surface area contributed by atoms with Crippen LogP contribution in [0.25, 0.3) is 0 Å². The second kappa shape index (κ2) is 6.62. The molecule has 2 heteroatoms. The molecule has 0 spiro atoms. The van der Waals surface area contributed by atoms with Crippen molar-refractivity contribution in [2.45, 2.75) is 71.8 Å². The average molecular weight is 294 g/mol. The van der Waals surface area contributed by atoms with E-state index in [1.807, 2.05) is 11.3 Å². The highest BCUT2D eigenvalue weighted by Crippen LogP contribution is 2.44. The Balaban J connectivity index is 2.20. The minimum absolute atomic E-state index is 0.287. The molecule has 1 aromatic rings. The fraction of sp³-hybridized carbons (Fsp3) is 0.778. The Hall–Kier alpha value is -0.340. The van der Waals surface area contributed by atoms with Gasteiger partial charge in [0, 0.05) is 10.9 Å². The Kier molecular flexibility index (Phi) is 5.30. The van der Waals surface area contributed by atoms with E-state index in [1.165, 1.54) is 30.6 Å². The zero-order valence-electron chi connectivity index (χ0n) is 13.8. The highest BCUT2D eigenvalue weighted by atomic mass is 32.1. The standard InChI is InChI=1S/C18H31NS/c1-6-10-19-17-12-13(2)7-8-16(17)18(4,5)15-9-11-20-14(15)3/h9,11,13,16-17,19H,6-8,10,12H2,1-5H3. The van der Waals surface area contributed by atoms with Crippen LogP contribution in [0.4, 0.5) is 0 Å². The maximum Gasteiger partial charge on any atom is 0.0106 e. The molecule has 0 saturated heterocycles. The van der Waals surface area contributed by atoms with E-state index < -0.39 is 0 Å². The summed E-state index contributed by atoms with van der Waals surface area (Å²) in [7, 11) is 0. The molecule has 114 valence electrons. The first-order valence-electron chi connectivity index (χ1n) is 8.24. The SMILES string of the molecule is CCCNC1CC(C)CCC1C(C)(C)c1ccsc1C. The van der Waals surface area contributed by atoms with Crippen LogP contribution in [0, 0.1) is 18.8 Å². The van der Waals surface area contributed by atoms with Gasteiger partial charge in [-0.2, -0.15) is 0 Å². The van der Waals surface area contributed by atoms with Gasteiger partial charge in [0.2, 0.25) is 0 Å². The van der Waals surface area contributed by atoms with E-state index in [0.717, 1.165) is 18.4 Å². The predicted octanol–water partition coefficient (Wildman–Crippen LogP) is 5.14. The number of rotatable bonds is 5. The largest absolute Gasteiger partial charge is 0.314 e. The third kappa shape index (κ3) is 3.28. The predicted molar refractivity (Wildman–Crippen MR) is 90.7 cm³/mol. The van der Waals surface area contributed by atoms with E-state index >= 15 is 0 Å². The fourth-order valence-electron chi connectivity index (χ4n) is 4.05. The normalized spacial score (nSPS) is 27.8. The van der Waals surface area contributed by atoms with E-state index in [2.05, 4.69) is 51.4 Å². The first-order valence-corrected chi connectivity index (χ1v) is 9.12. The number of thiophene rings is 1. The third-order valence-corrected chi connectivity index (χ3v) is 6.09. The average Bonchev–Trinajstić information content (AvgIpc) is 2.83. The van der Waals surface area contributed by atoms with Crippen LogP contribution in [0.5, 0.6) is 0 Å². The lowest BCUT2D eigenvalue weighted by Gasteiger charge is -2.45. The van der Waals surface area contributed by atoms with Crippen molar-refractivity contribution in [2.75, 3.05) is 6.54 Å². The molecule has 3 unspecified atom stereocenters. The molecule has 1 heterocycles. The molecule has 0 amide bonds. The second-order valence-electron chi connectivity index (χ2n) is 7.20. The van der Waals surface area contributed by atoms with Gasteiger partial charge in [-0.3, -0.25) is 0 Å². The van der Waals surface area contributed by atoms with Gasteiger partial charge in [0.05, 0.1) is 0 Å². The molecule has 1 nitrogen and oxygen atoms in total. The zero-order valence-corrected chi connectivity index (χ0v) is 14.6. The van der Waals surface area contributed by atoms with Crippen molar-refractivity contribution in [1.82, 2.24) is 5.32 Å². The van der Waals surface area contributed by atoms with Gasteiger partial charge in [0.15, 0.2) is 0 Å². The third-order valence-electron chi connectivity index (χ3n) is 5.25. The molecule has 1 fully saturated rings. The second-order valence-corrected chi connectivity index (χ2v) is 8.32. The summed E-state index contributed by atoms with van der Waals surface area (Å²) >= 11 is 1.89. The molecule has 0 aromatic carbocycles. The van der Waals surface area contributed by atoms with Gasteiger partial charge in [0.25, 0.3) is 0 Å². The molecule has 1 aliphatic carbocycles. The van der Waals surface area contributed by atoms with E-state index in [-0.39, 0.29) is 5.41 Å². The molecule has 1 aliphatic rings. The van der Waals surface area contributed by atoms with E-state index in [9.17, 15) is 0 Å². The molecule has 0 radical (unpaired) electrons. The van der Waals surface area contributed by atoms with Crippen LogP contribution in [0.1, 0.15) is 63.8 Å². The van der Waals surface area contributed by atoms with Crippen molar-refractivity contribution in [3.05, 3.63) is 21.9 Å². The molecule has 2 rings (SSSR count). The molecule has 1 saturated carbocycles. The van der Waals surface area contributed by atoms with Crippen LogP contribution in [0.15, 0.2) is 11.4 Å². The summed E-state index contributed by atoms with van der Waals surface area (Å²) in [6.45, 7) is 13.0. The summed E-state index contributed by atoms with van der Waals surface area (Å²) in [6.07, 6.45) is 5.33. The van der Waals surface area contributed by atoms with Crippen LogP contribution in [-0.4, -0.2) is 12.6 Å². The van der Waals surface area contributed by atoms with Crippen LogP contribution >= 0.6 is 11.3 Å². The van der Waals surface area contributed by atoms with Crippen molar-refractivity contribution >= 4 is 11.3 Å². The van der Waals surface area contributed by atoms with Gasteiger partial charge >= 0.3 is 0 Å². The highest BCUT2D eigenvalue weighted by molar-refractivity contribution is 7.10. The van der Waals surface area contributed by atoms with Gasteiger partial charge in [0.1, 0.15) is 0 Å². The van der Waals surface area contributed by atoms with Crippen LogP contribution in [-0.2, 0) is 5.41 Å². The number of hydrogen-bond acceptors (Lipinski definition) is 2. The van der Waals surface area contributed by atoms with Crippen molar-refractivity contribution in [3.63, 3.8) is 0 Å². The van der Waals surface area contributed by atoms with Crippen molar-refractivity contribution in [1.29, 1.82) is 0 Å². The van der Waals surface area contributed by atoms with Crippen molar-refractivity contribution < 1.29 is 0 Å². The molecule has 3 atom stereocenters. The first kappa shape index (κ1) is 16.0. The monoisotopic (exact) mass is 293 g/mol. The molecule has 0 aliphatic heterocycles. The summed E-state index contributed by atoms with van der Waals surface area (Å²) in [5, 5.41) is 6.10. The van der Waals surface area contributed by atoms with Crippen LogP contribution in [0.2, 0.25) is 0 Å². The quantitative estimate of drug-likeness (QED) is 0.792. The Morgan fingerprint density at radius 1 is 1.35 bits per heavy atom. The van der Waals surface area contributed by atoms with Gasteiger partial charge in [-0.05, 0) is 67.0 Å². The lowest BCUT2D eigenvalue weighted by Crippen LogP contribution is -2.48. The summed E-state index contributed by atoms with van der Waals surface area (Å²) in [4.78, 5) is 1.50. The zero-order chi connectivity index (χ0) is 14.8. The molecule has 0 bridgehead atoms. The number of nitrogens with one attached hydrogen (secondary N) is 1. The van der Waals surface area contributed by atoms with Gasteiger partial charge < -0.3 is 5.32 Å². The molecular weight excluding hydrogens is 262 g/mol. The Morgan fingerprint density at radius 3 is 2.70 bits per heavy atom. The Labute approximate surface area is 129 Å². The summed E-state index contributed by atoms with van der Waals surface area (Å²) in [6, 6.07) is 3.04. The van der Waals surface area contributed by atoms with E-state index in [4.69, 9.17) is 0 Å². The number of hydrogen-bond donors (Lipinski definition) is 1. The van der Waals surface area contributed by atoms with Gasteiger partial charge in [-0.1, -0.05) is 34.1 Å². The smallest absolute Gasteiger partial charge is 0.0106 e. The van der Waals surface area contributed by atoms with E-state index in [0.29, 0.717) is 6.04 Å². The molecule has 1 N–H and O–H groups in total. The minimum atomic E-state index is 0.287. The molecular formula is C18H31NS. The fourth-order valence-corrected chi connectivity index (χ4v) is 4.92. The van der Waals surface area contributed by atoms with Crippen LogP contribution in [0.3, 0.4) is 0 Å². The van der Waals surface area contributed by atoms with Gasteiger partial charge in [-0.15, -0.1) is 11.3 Å². The first-order chi connectivity index (χ1) is 9.46. The molecule has 1 aromatic heterocycles. The van der Waals surface area contributed by atoms with E-state index in [1.54, 1.807) is 5.56 Å². The Morgan fingerprint density at radius 2 is 2.10 bits per heavy atom. The Bertz CT molecular complexity index is 421. The lowest BCUT2D eigenvalue weighted by molar-refractivity contribution is 0.145. The van der Waals surface area contributed by atoms with Crippen molar-refractivity contribution in [2.24, 2.45) is 11.8 Å². The number of aryl methyl sites for hydroxylation is 1. The molecule has 20 heavy (non-hydrogen) atoms. The summed E-state index contributed by atoms with van der Waals surface area (Å²) < 4.78 is 0. The van der Waals surface area contributed by atoms with Crippen LogP contribution < -0.4 is 5.32 Å². The summed E-state index contributed by atoms with van der Waals surface area (Å²) in [5.41, 5.74) is 1.86. The minimum Gasteiger partial charge on any atom is -0.314 e. The maximum absolute atomic E-state index is 3.84. The topological polar surface area (TPSA) is 12.0 Å². The van der Waals surface area contributed by atoms with Gasteiger partial charge in [-0.25, -0.2) is 0 Å². The van der Waals surface area contributed by atoms with Crippen molar-refractivity contribution in [3.8, 4) is 0 Å². The lowest BCUT2D eigenvalue weighted by atomic mass is 9.63. The summed E-state index contributed by atoms with van der Waals surface area (Å²) in [5.74, 6) is 1.64. The maximum atomic E-state index is 3.84. The highest BCUT2D eigenvalue weighted by Gasteiger charge is 2.40.